The lowest BCUT2D eigenvalue weighted by Gasteiger charge is -2.08. The van der Waals surface area contributed by atoms with Crippen LogP contribution in [-0.2, 0) is 0 Å². The second-order valence-corrected chi connectivity index (χ2v) is 3.40. The number of nitrogens with zero attached hydrogens (tertiary/aromatic N) is 2. The molecule has 0 radical (unpaired) electrons. The fraction of sp³-hybridized carbons (Fsp3) is 0. The van der Waals surface area contributed by atoms with Crippen LogP contribution in [0.15, 0.2) is 24.4 Å². The van der Waals surface area contributed by atoms with Crippen molar-refractivity contribution in [2.45, 2.75) is 0 Å². The number of hydrogen-bond acceptors (Lipinski definition) is 3. The number of benzene rings is 1. The lowest BCUT2D eigenvalue weighted by atomic mass is 10.3. The van der Waals surface area contributed by atoms with Crippen LogP contribution in [0.2, 0.25) is 5.28 Å². The SMILES string of the molecule is Fc1cnc(Cl)nc1Nc1c(F)cccc1F. The Kier molecular flexibility index (Phi) is 3.14. The fourth-order valence-electron chi connectivity index (χ4n) is 1.17. The van der Waals surface area contributed by atoms with E-state index in [-0.39, 0.29) is 5.28 Å². The van der Waals surface area contributed by atoms with Crippen LogP contribution in [0.3, 0.4) is 0 Å². The molecule has 1 N–H and O–H groups in total. The van der Waals surface area contributed by atoms with E-state index in [1.165, 1.54) is 6.07 Å². The molecule has 0 saturated heterocycles. The molecule has 1 heterocycles. The largest absolute Gasteiger partial charge is 0.333 e. The molecule has 88 valence electrons. The minimum Gasteiger partial charge on any atom is -0.333 e. The molecule has 7 heteroatoms. The van der Waals surface area contributed by atoms with Gasteiger partial charge in [0.25, 0.3) is 0 Å². The van der Waals surface area contributed by atoms with Gasteiger partial charge in [0.05, 0.1) is 6.20 Å². The summed E-state index contributed by atoms with van der Waals surface area (Å²) in [5.41, 5.74) is -0.499. The van der Waals surface area contributed by atoms with E-state index >= 15 is 0 Å². The highest BCUT2D eigenvalue weighted by Gasteiger charge is 2.12. The van der Waals surface area contributed by atoms with E-state index in [0.717, 1.165) is 18.3 Å². The molecule has 0 aliphatic carbocycles. The van der Waals surface area contributed by atoms with Gasteiger partial charge in [-0.3, -0.25) is 0 Å². The van der Waals surface area contributed by atoms with E-state index < -0.39 is 29.0 Å². The highest BCUT2D eigenvalue weighted by molar-refractivity contribution is 6.28. The third-order valence-corrected chi connectivity index (χ3v) is 2.10. The van der Waals surface area contributed by atoms with Crippen LogP contribution >= 0.6 is 11.6 Å². The van der Waals surface area contributed by atoms with Gasteiger partial charge in [0.2, 0.25) is 5.28 Å². The standard InChI is InChI=1S/C10H5ClF3N3/c11-10-15-4-7(14)9(17-10)16-8-5(12)2-1-3-6(8)13/h1-4H,(H,15,16,17). The van der Waals surface area contributed by atoms with E-state index in [0.29, 0.717) is 0 Å². The molecule has 0 unspecified atom stereocenters. The number of rotatable bonds is 2. The molecule has 0 fully saturated rings. The molecule has 0 amide bonds. The molecule has 0 aliphatic rings. The summed E-state index contributed by atoms with van der Waals surface area (Å²) in [5.74, 6) is -2.98. The number of aromatic nitrogens is 2. The zero-order valence-corrected chi connectivity index (χ0v) is 8.97. The third-order valence-electron chi connectivity index (χ3n) is 1.92. The van der Waals surface area contributed by atoms with Crippen LogP contribution in [-0.4, -0.2) is 9.97 Å². The van der Waals surface area contributed by atoms with Gasteiger partial charge in [-0.15, -0.1) is 0 Å². The predicted octanol–water partition coefficient (Wildman–Crippen LogP) is 3.29. The molecule has 0 saturated carbocycles. The molecule has 0 atom stereocenters. The molecule has 2 aromatic rings. The van der Waals surface area contributed by atoms with Crippen molar-refractivity contribution in [3.05, 3.63) is 47.1 Å². The summed E-state index contributed by atoms with van der Waals surface area (Å²) in [6, 6.07) is 3.26. The summed E-state index contributed by atoms with van der Waals surface area (Å²) in [5, 5.41) is 1.96. The molecule has 0 spiro atoms. The number of para-hydroxylation sites is 1. The van der Waals surface area contributed by atoms with Gasteiger partial charge in [-0.25, -0.2) is 18.2 Å². The topological polar surface area (TPSA) is 37.8 Å². The van der Waals surface area contributed by atoms with Crippen molar-refractivity contribution in [2.75, 3.05) is 5.32 Å². The molecule has 1 aromatic heterocycles. The maximum Gasteiger partial charge on any atom is 0.224 e. The number of nitrogens with one attached hydrogen (secondary N) is 1. The Morgan fingerprint density at radius 3 is 2.35 bits per heavy atom. The first-order valence-electron chi connectivity index (χ1n) is 4.47. The summed E-state index contributed by atoms with van der Waals surface area (Å²) >= 11 is 5.45. The molecular weight excluding hydrogens is 255 g/mol. The Morgan fingerprint density at radius 1 is 1.06 bits per heavy atom. The highest BCUT2D eigenvalue weighted by Crippen LogP contribution is 2.23. The van der Waals surface area contributed by atoms with Gasteiger partial charge in [-0.05, 0) is 23.7 Å². The van der Waals surface area contributed by atoms with Gasteiger partial charge in [0.1, 0.15) is 17.3 Å². The fourth-order valence-corrected chi connectivity index (χ4v) is 1.30. The lowest BCUT2D eigenvalue weighted by molar-refractivity contribution is 0.588. The zero-order chi connectivity index (χ0) is 12.4. The maximum absolute atomic E-state index is 13.3. The van der Waals surface area contributed by atoms with Crippen LogP contribution in [0.1, 0.15) is 0 Å². The summed E-state index contributed by atoms with van der Waals surface area (Å²) in [7, 11) is 0. The lowest BCUT2D eigenvalue weighted by Crippen LogP contribution is -2.02. The first kappa shape index (κ1) is 11.7. The average molecular weight is 260 g/mol. The van der Waals surface area contributed by atoms with E-state index in [1.54, 1.807) is 0 Å². The predicted molar refractivity (Wildman–Crippen MR) is 56.6 cm³/mol. The van der Waals surface area contributed by atoms with Crippen molar-refractivity contribution in [3.63, 3.8) is 0 Å². The van der Waals surface area contributed by atoms with E-state index in [9.17, 15) is 13.2 Å². The number of halogens is 4. The van der Waals surface area contributed by atoms with Crippen molar-refractivity contribution in [3.8, 4) is 0 Å². The first-order valence-corrected chi connectivity index (χ1v) is 4.85. The van der Waals surface area contributed by atoms with Gasteiger partial charge in [-0.1, -0.05) is 6.07 Å². The van der Waals surface area contributed by atoms with Crippen molar-refractivity contribution >= 4 is 23.1 Å². The van der Waals surface area contributed by atoms with Gasteiger partial charge >= 0.3 is 0 Å². The van der Waals surface area contributed by atoms with Crippen LogP contribution in [0.4, 0.5) is 24.7 Å². The summed E-state index contributed by atoms with van der Waals surface area (Å²) in [6.07, 6.45) is 0.802. The molecule has 0 bridgehead atoms. The monoisotopic (exact) mass is 259 g/mol. The molecule has 0 aliphatic heterocycles. The maximum atomic E-state index is 13.3. The minimum atomic E-state index is -0.864. The molecule has 17 heavy (non-hydrogen) atoms. The number of hydrogen-bond donors (Lipinski definition) is 1. The Morgan fingerprint density at radius 2 is 1.71 bits per heavy atom. The van der Waals surface area contributed by atoms with E-state index in [2.05, 4.69) is 15.3 Å². The summed E-state index contributed by atoms with van der Waals surface area (Å²) in [4.78, 5) is 6.86. The first-order chi connectivity index (χ1) is 8.08. The third kappa shape index (κ3) is 2.47. The van der Waals surface area contributed by atoms with Crippen molar-refractivity contribution in [1.29, 1.82) is 0 Å². The molecule has 2 rings (SSSR count). The van der Waals surface area contributed by atoms with Gasteiger partial charge in [0, 0.05) is 0 Å². The number of anilines is 2. The Labute approximate surface area is 99.3 Å². The molecule has 1 aromatic carbocycles. The highest BCUT2D eigenvalue weighted by atomic mass is 35.5. The molecular formula is C10H5ClF3N3. The minimum absolute atomic E-state index is 0.231. The Bertz CT molecular complexity index is 542. The normalized spacial score (nSPS) is 10.4. The second-order valence-electron chi connectivity index (χ2n) is 3.06. The molecule has 3 nitrogen and oxygen atoms in total. The van der Waals surface area contributed by atoms with Gasteiger partial charge in [-0.2, -0.15) is 4.98 Å². The zero-order valence-electron chi connectivity index (χ0n) is 8.22. The average Bonchev–Trinajstić information content (AvgIpc) is 2.28. The second kappa shape index (κ2) is 4.58. The van der Waals surface area contributed by atoms with E-state index in [1.807, 2.05) is 0 Å². The Balaban J connectivity index is 2.41. The Hall–Kier alpha value is -1.82. The quantitative estimate of drug-likeness (QED) is 0.841. The van der Waals surface area contributed by atoms with Crippen LogP contribution in [0, 0.1) is 17.5 Å². The van der Waals surface area contributed by atoms with Crippen molar-refractivity contribution in [1.82, 2.24) is 9.97 Å². The van der Waals surface area contributed by atoms with Crippen LogP contribution < -0.4 is 5.32 Å². The van der Waals surface area contributed by atoms with Crippen LogP contribution in [0.5, 0.6) is 0 Å². The van der Waals surface area contributed by atoms with Crippen LogP contribution in [0.25, 0.3) is 0 Å². The van der Waals surface area contributed by atoms with Gasteiger partial charge in [0.15, 0.2) is 11.6 Å². The summed E-state index contributed by atoms with van der Waals surface area (Å²) in [6.45, 7) is 0. The summed E-state index contributed by atoms with van der Waals surface area (Å²) < 4.78 is 39.8. The van der Waals surface area contributed by atoms with Gasteiger partial charge < -0.3 is 5.32 Å². The van der Waals surface area contributed by atoms with E-state index in [4.69, 9.17) is 11.6 Å². The van der Waals surface area contributed by atoms with Crippen molar-refractivity contribution in [2.24, 2.45) is 0 Å². The smallest absolute Gasteiger partial charge is 0.224 e. The van der Waals surface area contributed by atoms with Crippen molar-refractivity contribution < 1.29 is 13.2 Å².